The maximum absolute atomic E-state index is 14.7. The van der Waals surface area contributed by atoms with Crippen LogP contribution in [-0.4, -0.2) is 60.3 Å². The third kappa shape index (κ3) is 6.92. The number of esters is 1. The fraction of sp³-hybridized carbons (Fsp3) is 0.649. The van der Waals surface area contributed by atoms with E-state index in [1.165, 1.54) is 30.4 Å². The van der Waals surface area contributed by atoms with E-state index in [0.717, 1.165) is 24.0 Å². The highest BCUT2D eigenvalue weighted by Crippen LogP contribution is 2.50. The Labute approximate surface area is 269 Å². The number of hydrogen-bond acceptors (Lipinski definition) is 7. The molecule has 1 amide bonds. The van der Waals surface area contributed by atoms with E-state index in [2.05, 4.69) is 69.2 Å². The highest BCUT2D eigenvalue weighted by Gasteiger charge is 2.59. The number of nitrogens with zero attached hydrogens (tertiary/aromatic N) is 2. The largest absolute Gasteiger partial charge is 0.481 e. The fourth-order valence-electron chi connectivity index (χ4n) is 7.70. The van der Waals surface area contributed by atoms with Gasteiger partial charge in [0.25, 0.3) is 5.91 Å². The van der Waals surface area contributed by atoms with Gasteiger partial charge in [0.2, 0.25) is 5.88 Å². The molecule has 5 atom stereocenters. The van der Waals surface area contributed by atoms with Gasteiger partial charge < -0.3 is 24.4 Å². The molecule has 3 heterocycles. The Bertz CT molecular complexity index is 1330. The molecule has 5 rings (SSSR count). The number of pyridine rings is 1. The summed E-state index contributed by atoms with van der Waals surface area (Å²) in [6, 6.07) is 9.15. The van der Waals surface area contributed by atoms with E-state index >= 15 is 0 Å². The summed E-state index contributed by atoms with van der Waals surface area (Å²) >= 11 is 0. The van der Waals surface area contributed by atoms with Gasteiger partial charge in [0.05, 0.1) is 19.8 Å². The summed E-state index contributed by atoms with van der Waals surface area (Å²) < 4.78 is 17.6. The van der Waals surface area contributed by atoms with Gasteiger partial charge in [-0.1, -0.05) is 65.3 Å². The average Bonchev–Trinajstić information content (AvgIpc) is 3.35. The number of ether oxygens (including phenoxy) is 3. The number of amides is 1. The van der Waals surface area contributed by atoms with Gasteiger partial charge in [-0.05, 0) is 79.0 Å². The van der Waals surface area contributed by atoms with Crippen molar-refractivity contribution in [2.24, 2.45) is 11.3 Å². The van der Waals surface area contributed by atoms with Crippen molar-refractivity contribution >= 4 is 11.9 Å². The van der Waals surface area contributed by atoms with E-state index in [4.69, 9.17) is 14.2 Å². The molecule has 1 aliphatic carbocycles. The summed E-state index contributed by atoms with van der Waals surface area (Å²) in [5.74, 6) is 0.634. The number of aromatic nitrogens is 1. The molecular weight excluding hydrogens is 566 g/mol. The van der Waals surface area contributed by atoms with E-state index in [9.17, 15) is 9.59 Å². The molecule has 45 heavy (non-hydrogen) atoms. The zero-order valence-corrected chi connectivity index (χ0v) is 28.3. The molecule has 0 bridgehead atoms. The summed E-state index contributed by atoms with van der Waals surface area (Å²) in [6.07, 6.45) is 7.51. The molecule has 0 spiro atoms. The number of carbonyl (C=O) groups is 2. The van der Waals surface area contributed by atoms with Crippen molar-refractivity contribution in [3.8, 4) is 5.88 Å². The van der Waals surface area contributed by atoms with Crippen molar-refractivity contribution in [1.82, 2.24) is 15.2 Å². The van der Waals surface area contributed by atoms with Crippen LogP contribution >= 0.6 is 0 Å². The van der Waals surface area contributed by atoms with E-state index in [1.807, 2.05) is 24.1 Å². The van der Waals surface area contributed by atoms with Gasteiger partial charge in [-0.3, -0.25) is 4.79 Å². The second-order valence-electron chi connectivity index (χ2n) is 14.4. The lowest BCUT2D eigenvalue weighted by Gasteiger charge is -2.36. The number of hydrogen-bond donors (Lipinski definition) is 1. The monoisotopic (exact) mass is 619 g/mol. The molecule has 8 heteroatoms. The van der Waals surface area contributed by atoms with E-state index < -0.39 is 18.2 Å². The molecule has 3 fully saturated rings. The SMILES string of the molecule is CCOC(=O)[C@@H]1[C@@H](C(C)(C)C)[C@H](NCc2cc(C3CCC3)cnc2OC)[C@H](c2ccccc2C(C)C)N1C(=O)C1CCCCO1. The van der Waals surface area contributed by atoms with Gasteiger partial charge in [0.1, 0.15) is 12.1 Å². The summed E-state index contributed by atoms with van der Waals surface area (Å²) in [6.45, 7) is 14.0. The molecule has 8 nitrogen and oxygen atoms in total. The van der Waals surface area contributed by atoms with Gasteiger partial charge in [0, 0.05) is 36.9 Å². The molecule has 246 valence electrons. The van der Waals surface area contributed by atoms with Crippen LogP contribution in [0, 0.1) is 11.3 Å². The minimum atomic E-state index is -0.771. The van der Waals surface area contributed by atoms with Gasteiger partial charge in [-0.25, -0.2) is 9.78 Å². The maximum atomic E-state index is 14.7. The van der Waals surface area contributed by atoms with E-state index in [-0.39, 0.29) is 41.8 Å². The maximum Gasteiger partial charge on any atom is 0.329 e. The number of methoxy groups -OCH3 is 1. The first-order valence-corrected chi connectivity index (χ1v) is 17.0. The van der Waals surface area contributed by atoms with Gasteiger partial charge in [0.15, 0.2) is 0 Å². The normalized spacial score (nSPS) is 25.7. The van der Waals surface area contributed by atoms with Crippen molar-refractivity contribution in [1.29, 1.82) is 0 Å². The molecule has 2 aromatic rings. The summed E-state index contributed by atoms with van der Waals surface area (Å²) in [7, 11) is 1.66. The van der Waals surface area contributed by atoms with Crippen molar-refractivity contribution in [3.63, 3.8) is 0 Å². The number of rotatable bonds is 10. The third-order valence-electron chi connectivity index (χ3n) is 10.1. The number of likely N-dealkylation sites (tertiary alicyclic amines) is 1. The smallest absolute Gasteiger partial charge is 0.329 e. The molecule has 1 saturated carbocycles. The van der Waals surface area contributed by atoms with Crippen molar-refractivity contribution in [2.75, 3.05) is 20.3 Å². The Morgan fingerprint density at radius 3 is 2.47 bits per heavy atom. The molecule has 3 aliphatic rings. The Morgan fingerprint density at radius 2 is 1.87 bits per heavy atom. The topological polar surface area (TPSA) is 90.0 Å². The zero-order chi connectivity index (χ0) is 32.3. The lowest BCUT2D eigenvalue weighted by molar-refractivity contribution is -0.162. The fourth-order valence-corrected chi connectivity index (χ4v) is 7.70. The van der Waals surface area contributed by atoms with Gasteiger partial charge in [-0.2, -0.15) is 0 Å². The van der Waals surface area contributed by atoms with E-state index in [1.54, 1.807) is 7.11 Å². The van der Waals surface area contributed by atoms with E-state index in [0.29, 0.717) is 31.4 Å². The summed E-state index contributed by atoms with van der Waals surface area (Å²) in [4.78, 5) is 35.3. The highest BCUT2D eigenvalue weighted by molar-refractivity contribution is 5.89. The molecule has 2 saturated heterocycles. The van der Waals surface area contributed by atoms with Crippen LogP contribution in [-0.2, 0) is 25.6 Å². The number of benzene rings is 1. The molecule has 1 unspecified atom stereocenters. The third-order valence-corrected chi connectivity index (χ3v) is 10.1. The van der Waals surface area contributed by atoms with Gasteiger partial charge in [-0.15, -0.1) is 0 Å². The summed E-state index contributed by atoms with van der Waals surface area (Å²) in [5, 5.41) is 3.90. The Balaban J connectivity index is 1.64. The first-order chi connectivity index (χ1) is 21.6. The summed E-state index contributed by atoms with van der Waals surface area (Å²) in [5.41, 5.74) is 4.11. The first-order valence-electron chi connectivity index (χ1n) is 17.0. The van der Waals surface area contributed by atoms with Crippen LogP contribution in [0.1, 0.15) is 120 Å². The lowest BCUT2D eigenvalue weighted by atomic mass is 9.72. The zero-order valence-electron chi connectivity index (χ0n) is 28.3. The van der Waals surface area contributed by atoms with Crippen LogP contribution in [0.25, 0.3) is 0 Å². The average molecular weight is 620 g/mol. The Hall–Kier alpha value is -2.97. The van der Waals surface area contributed by atoms with Crippen LogP contribution in [0.4, 0.5) is 0 Å². The quantitative estimate of drug-likeness (QED) is 0.297. The minimum Gasteiger partial charge on any atom is -0.481 e. The van der Waals surface area contributed by atoms with Crippen LogP contribution in [0.2, 0.25) is 0 Å². The Kier molecular flexibility index (Phi) is 10.5. The van der Waals surface area contributed by atoms with Crippen LogP contribution < -0.4 is 10.1 Å². The molecular formula is C37H53N3O5. The number of nitrogens with one attached hydrogen (secondary N) is 1. The molecule has 2 aliphatic heterocycles. The van der Waals surface area contributed by atoms with Crippen LogP contribution in [0.15, 0.2) is 36.5 Å². The lowest BCUT2D eigenvalue weighted by Crippen LogP contribution is -2.51. The molecule has 1 N–H and O–H groups in total. The van der Waals surface area contributed by atoms with Crippen molar-refractivity contribution < 1.29 is 23.8 Å². The van der Waals surface area contributed by atoms with Crippen LogP contribution in [0.5, 0.6) is 5.88 Å². The molecule has 1 aromatic carbocycles. The van der Waals surface area contributed by atoms with Crippen molar-refractivity contribution in [2.45, 2.75) is 123 Å². The predicted molar refractivity (Wildman–Crippen MR) is 175 cm³/mol. The van der Waals surface area contributed by atoms with Gasteiger partial charge >= 0.3 is 5.97 Å². The number of carbonyl (C=O) groups excluding carboxylic acids is 2. The Morgan fingerprint density at radius 1 is 1.11 bits per heavy atom. The minimum absolute atomic E-state index is 0.124. The van der Waals surface area contributed by atoms with Crippen molar-refractivity contribution in [3.05, 3.63) is 58.8 Å². The van der Waals surface area contributed by atoms with Crippen LogP contribution in [0.3, 0.4) is 0 Å². The predicted octanol–water partition coefficient (Wildman–Crippen LogP) is 6.69. The molecule has 0 radical (unpaired) electrons. The second kappa shape index (κ2) is 14.2. The molecule has 1 aromatic heterocycles. The highest BCUT2D eigenvalue weighted by atomic mass is 16.5. The first kappa shape index (κ1) is 33.4. The second-order valence-corrected chi connectivity index (χ2v) is 14.4. The standard InChI is InChI=1S/C37H53N3O5/c1-8-44-36(42)33-30(37(4,5)6)31(38-22-26-20-25(24-14-13-15-24)21-39-34(26)43-7)32(28-17-10-9-16-27(28)23(2)3)40(33)35(41)29-18-11-12-19-45-29/h9-10,16-17,20-21,23-24,29-33,38H,8,11-15,18-19,22H2,1-7H3/t29?,30-,31-,32-,33-/m0/s1.